The summed E-state index contributed by atoms with van der Waals surface area (Å²) in [6.07, 6.45) is 0. The number of alkyl halides is 1. The molecule has 2 rings (SSSR count). The highest BCUT2D eigenvalue weighted by Crippen LogP contribution is 2.39. The van der Waals surface area contributed by atoms with Crippen LogP contribution in [0, 0.1) is 11.6 Å². The van der Waals surface area contributed by atoms with Crippen molar-refractivity contribution in [1.29, 1.82) is 0 Å². The summed E-state index contributed by atoms with van der Waals surface area (Å²) in [5.41, 5.74) is 0.401. The van der Waals surface area contributed by atoms with Crippen molar-refractivity contribution < 1.29 is 8.78 Å². The molecule has 0 fully saturated rings. The fourth-order valence-corrected chi connectivity index (χ4v) is 3.61. The smallest absolute Gasteiger partial charge is 0.163 e. The maximum absolute atomic E-state index is 13.8. The van der Waals surface area contributed by atoms with E-state index in [0.29, 0.717) is 5.56 Å². The monoisotopic (exact) mass is 344 g/mol. The van der Waals surface area contributed by atoms with E-state index in [2.05, 4.69) is 36.7 Å². The third-order valence-corrected chi connectivity index (χ3v) is 5.74. The first-order valence-corrected chi connectivity index (χ1v) is 7.72. The molecular weight excluding hydrogens is 330 g/mol. The van der Waals surface area contributed by atoms with E-state index in [0.717, 1.165) is 10.9 Å². The van der Waals surface area contributed by atoms with Gasteiger partial charge in [0.25, 0.3) is 0 Å². The normalized spacial score (nSPS) is 13.6. The van der Waals surface area contributed by atoms with Gasteiger partial charge < -0.3 is 0 Å². The lowest BCUT2D eigenvalue weighted by Gasteiger charge is -2.16. The Hall–Kier alpha value is -0.740. The molecular formula is C15H15BrF2S. The van der Waals surface area contributed by atoms with Crippen LogP contribution in [0.3, 0.4) is 0 Å². The molecule has 2 aromatic rings. The van der Waals surface area contributed by atoms with Crippen molar-refractivity contribution >= 4 is 27.3 Å². The molecule has 0 amide bonds. The van der Waals surface area contributed by atoms with Crippen molar-refractivity contribution in [3.05, 3.63) is 57.3 Å². The van der Waals surface area contributed by atoms with Gasteiger partial charge in [0.05, 0.1) is 4.83 Å². The summed E-state index contributed by atoms with van der Waals surface area (Å²) >= 11 is 5.08. The van der Waals surface area contributed by atoms with Crippen LogP contribution in [0.1, 0.15) is 40.9 Å². The summed E-state index contributed by atoms with van der Waals surface area (Å²) in [7, 11) is 0. The van der Waals surface area contributed by atoms with Crippen molar-refractivity contribution in [3.8, 4) is 0 Å². The molecule has 4 heteroatoms. The Morgan fingerprint density at radius 1 is 1.11 bits per heavy atom. The van der Waals surface area contributed by atoms with Crippen LogP contribution in [-0.2, 0) is 5.41 Å². The molecule has 0 aliphatic carbocycles. The average Bonchev–Trinajstić information content (AvgIpc) is 2.81. The van der Waals surface area contributed by atoms with Crippen LogP contribution in [0.4, 0.5) is 8.78 Å². The molecule has 1 unspecified atom stereocenters. The Morgan fingerprint density at radius 3 is 2.37 bits per heavy atom. The molecule has 0 radical (unpaired) electrons. The van der Waals surface area contributed by atoms with E-state index >= 15 is 0 Å². The van der Waals surface area contributed by atoms with Crippen LogP contribution in [0.15, 0.2) is 30.3 Å². The maximum atomic E-state index is 13.8. The van der Waals surface area contributed by atoms with Crippen LogP contribution in [0.25, 0.3) is 0 Å². The highest BCUT2D eigenvalue weighted by Gasteiger charge is 2.22. The highest BCUT2D eigenvalue weighted by molar-refractivity contribution is 9.09. The lowest BCUT2D eigenvalue weighted by molar-refractivity contribution is 0.501. The van der Waals surface area contributed by atoms with Crippen LogP contribution in [0.2, 0.25) is 0 Å². The Bertz CT molecular complexity index is 584. The summed E-state index contributed by atoms with van der Waals surface area (Å²) in [6.45, 7) is 6.40. The summed E-state index contributed by atoms with van der Waals surface area (Å²) < 4.78 is 27.0. The molecule has 0 bridgehead atoms. The summed E-state index contributed by atoms with van der Waals surface area (Å²) in [6, 6.07) is 8.28. The third kappa shape index (κ3) is 3.06. The van der Waals surface area contributed by atoms with Gasteiger partial charge in [0, 0.05) is 15.3 Å². The van der Waals surface area contributed by atoms with Gasteiger partial charge in [-0.1, -0.05) is 48.8 Å². The number of rotatable bonds is 2. The van der Waals surface area contributed by atoms with Crippen LogP contribution in [-0.4, -0.2) is 0 Å². The van der Waals surface area contributed by atoms with Crippen LogP contribution >= 0.6 is 27.3 Å². The molecule has 19 heavy (non-hydrogen) atoms. The second-order valence-electron chi connectivity index (χ2n) is 5.46. The van der Waals surface area contributed by atoms with E-state index in [1.54, 1.807) is 17.4 Å². The van der Waals surface area contributed by atoms with Crippen LogP contribution < -0.4 is 0 Å². The van der Waals surface area contributed by atoms with Gasteiger partial charge in [0.1, 0.15) is 0 Å². The zero-order chi connectivity index (χ0) is 14.2. The molecule has 1 aromatic carbocycles. The lowest BCUT2D eigenvalue weighted by atomic mass is 9.95. The van der Waals surface area contributed by atoms with Gasteiger partial charge in [0.15, 0.2) is 11.6 Å². The average molecular weight is 345 g/mol. The predicted molar refractivity (Wildman–Crippen MR) is 80.1 cm³/mol. The molecule has 102 valence electrons. The molecule has 0 aliphatic heterocycles. The zero-order valence-corrected chi connectivity index (χ0v) is 13.4. The molecule has 0 saturated heterocycles. The van der Waals surface area contributed by atoms with E-state index in [4.69, 9.17) is 0 Å². The minimum atomic E-state index is -0.811. The number of hydrogen-bond acceptors (Lipinski definition) is 1. The molecule has 0 spiro atoms. The Morgan fingerprint density at radius 2 is 1.79 bits per heavy atom. The largest absolute Gasteiger partial charge is 0.204 e. The Labute approximate surface area is 124 Å². The van der Waals surface area contributed by atoms with E-state index in [1.807, 2.05) is 12.1 Å². The van der Waals surface area contributed by atoms with Crippen molar-refractivity contribution in [2.75, 3.05) is 0 Å². The fourth-order valence-electron chi connectivity index (χ4n) is 1.76. The van der Waals surface area contributed by atoms with Crippen molar-refractivity contribution in [3.63, 3.8) is 0 Å². The van der Waals surface area contributed by atoms with Gasteiger partial charge in [-0.15, -0.1) is 11.3 Å². The highest BCUT2D eigenvalue weighted by atomic mass is 79.9. The summed E-state index contributed by atoms with van der Waals surface area (Å²) in [5, 5.41) is 0. The van der Waals surface area contributed by atoms with Gasteiger partial charge in [-0.05, 0) is 23.6 Å². The van der Waals surface area contributed by atoms with E-state index in [9.17, 15) is 8.78 Å². The first kappa shape index (κ1) is 14.7. The first-order chi connectivity index (χ1) is 8.80. The number of hydrogen-bond donors (Lipinski definition) is 0. The minimum Gasteiger partial charge on any atom is -0.204 e. The summed E-state index contributed by atoms with van der Waals surface area (Å²) in [4.78, 5) is 1.89. The zero-order valence-electron chi connectivity index (χ0n) is 11.0. The molecule has 1 atom stereocenters. The number of halogens is 3. The molecule has 0 aliphatic rings. The third-order valence-electron chi connectivity index (χ3n) is 2.87. The Balaban J connectivity index is 2.37. The van der Waals surface area contributed by atoms with Crippen molar-refractivity contribution in [2.45, 2.75) is 31.0 Å². The standard InChI is InChI=1S/C15H15BrF2S/c1-15(2,3)12-8-7-11(19-12)13(16)9-5-4-6-10(17)14(9)18/h4-8,13H,1-3H3. The summed E-state index contributed by atoms with van der Waals surface area (Å²) in [5.74, 6) is -1.59. The number of thiophene rings is 1. The van der Waals surface area contributed by atoms with E-state index in [1.165, 1.54) is 10.9 Å². The van der Waals surface area contributed by atoms with Crippen molar-refractivity contribution in [1.82, 2.24) is 0 Å². The van der Waals surface area contributed by atoms with Crippen molar-refractivity contribution in [2.24, 2.45) is 0 Å². The van der Waals surface area contributed by atoms with Gasteiger partial charge in [0.2, 0.25) is 0 Å². The SMILES string of the molecule is CC(C)(C)c1ccc(C(Br)c2cccc(F)c2F)s1. The molecule has 0 saturated carbocycles. The van der Waals surface area contributed by atoms with E-state index < -0.39 is 11.6 Å². The maximum Gasteiger partial charge on any atom is 0.163 e. The lowest BCUT2D eigenvalue weighted by Crippen LogP contribution is -2.07. The fraction of sp³-hybridized carbons (Fsp3) is 0.333. The molecule has 1 heterocycles. The second-order valence-corrected chi connectivity index (χ2v) is 7.49. The molecule has 0 N–H and O–H groups in total. The predicted octanol–water partition coefficient (Wildman–Crippen LogP) is 5.81. The molecule has 0 nitrogen and oxygen atoms in total. The van der Waals surface area contributed by atoms with E-state index in [-0.39, 0.29) is 10.2 Å². The number of benzene rings is 1. The topological polar surface area (TPSA) is 0 Å². The van der Waals surface area contributed by atoms with Gasteiger partial charge in [-0.25, -0.2) is 8.78 Å². The van der Waals surface area contributed by atoms with Gasteiger partial charge in [-0.2, -0.15) is 0 Å². The minimum absolute atomic E-state index is 0.0656. The van der Waals surface area contributed by atoms with Gasteiger partial charge >= 0.3 is 0 Å². The molecule has 1 aromatic heterocycles. The van der Waals surface area contributed by atoms with Crippen LogP contribution in [0.5, 0.6) is 0 Å². The van der Waals surface area contributed by atoms with Gasteiger partial charge in [-0.3, -0.25) is 0 Å². The Kier molecular flexibility index (Phi) is 4.11. The quantitative estimate of drug-likeness (QED) is 0.603. The first-order valence-electron chi connectivity index (χ1n) is 5.99. The second kappa shape index (κ2) is 5.33.